The number of ether oxygens (including phenoxy) is 1. The number of nitrogens with one attached hydrogen (secondary N) is 2. The first kappa shape index (κ1) is 14.4. The molecule has 1 atom stereocenters. The van der Waals surface area contributed by atoms with Crippen LogP contribution in [-0.4, -0.2) is 18.6 Å². The average Bonchev–Trinajstić information content (AvgIpc) is 2.53. The first-order chi connectivity index (χ1) is 10.2. The third kappa shape index (κ3) is 3.56. The molecule has 21 heavy (non-hydrogen) atoms. The Morgan fingerprint density at radius 1 is 1.33 bits per heavy atom. The summed E-state index contributed by atoms with van der Waals surface area (Å²) in [5, 5.41) is 6.49. The Balaban J connectivity index is 1.57. The molecule has 1 aromatic rings. The van der Waals surface area contributed by atoms with Crippen molar-refractivity contribution < 1.29 is 9.53 Å². The Morgan fingerprint density at radius 3 is 2.95 bits per heavy atom. The fourth-order valence-corrected chi connectivity index (χ4v) is 3.32. The highest BCUT2D eigenvalue weighted by molar-refractivity contribution is 5.95. The van der Waals surface area contributed by atoms with Gasteiger partial charge in [-0.3, -0.25) is 4.79 Å². The summed E-state index contributed by atoms with van der Waals surface area (Å²) in [4.78, 5) is 11.4. The van der Waals surface area contributed by atoms with Crippen LogP contribution in [0.25, 0.3) is 0 Å². The van der Waals surface area contributed by atoms with Gasteiger partial charge in [-0.05, 0) is 43.4 Å². The number of carbonyl (C=O) groups excluding carboxylic acids is 1. The molecule has 1 fully saturated rings. The maximum atomic E-state index is 11.4. The number of rotatable bonds is 4. The molecule has 0 spiro atoms. The Bertz CT molecular complexity index is 510. The van der Waals surface area contributed by atoms with E-state index in [1.54, 1.807) is 0 Å². The molecule has 1 aliphatic heterocycles. The molecule has 2 N–H and O–H groups in total. The van der Waals surface area contributed by atoms with Crippen LogP contribution in [0.15, 0.2) is 18.2 Å². The summed E-state index contributed by atoms with van der Waals surface area (Å²) in [5.74, 6) is 1.49. The van der Waals surface area contributed by atoms with E-state index < -0.39 is 0 Å². The molecule has 0 radical (unpaired) electrons. The van der Waals surface area contributed by atoms with Crippen molar-refractivity contribution in [3.05, 3.63) is 23.8 Å². The van der Waals surface area contributed by atoms with E-state index in [9.17, 15) is 4.79 Å². The van der Waals surface area contributed by atoms with E-state index in [2.05, 4.69) is 23.6 Å². The van der Waals surface area contributed by atoms with Gasteiger partial charge in [-0.25, -0.2) is 0 Å². The lowest BCUT2D eigenvalue weighted by molar-refractivity contribution is -0.118. The first-order valence-electron chi connectivity index (χ1n) is 8.01. The molecule has 1 heterocycles. The number of amides is 1. The van der Waals surface area contributed by atoms with E-state index in [0.29, 0.717) is 6.04 Å². The van der Waals surface area contributed by atoms with E-state index in [1.165, 1.54) is 37.7 Å². The maximum absolute atomic E-state index is 11.4. The summed E-state index contributed by atoms with van der Waals surface area (Å²) < 4.78 is 5.38. The quantitative estimate of drug-likeness (QED) is 0.895. The Labute approximate surface area is 126 Å². The zero-order valence-electron chi connectivity index (χ0n) is 12.7. The zero-order valence-corrected chi connectivity index (χ0v) is 12.7. The van der Waals surface area contributed by atoms with Crippen LogP contribution in [0.1, 0.15) is 44.6 Å². The molecule has 1 aromatic carbocycles. The smallest absolute Gasteiger partial charge is 0.262 e. The highest BCUT2D eigenvalue weighted by atomic mass is 16.5. The minimum atomic E-state index is -0.0804. The molecule has 4 nitrogen and oxygen atoms in total. The van der Waals surface area contributed by atoms with Crippen LogP contribution in [-0.2, 0) is 11.3 Å². The van der Waals surface area contributed by atoms with E-state index in [-0.39, 0.29) is 12.5 Å². The van der Waals surface area contributed by atoms with Crippen LogP contribution in [0.4, 0.5) is 5.69 Å². The number of carbonyl (C=O) groups is 1. The van der Waals surface area contributed by atoms with Gasteiger partial charge in [-0.2, -0.15) is 0 Å². The Morgan fingerprint density at radius 2 is 2.14 bits per heavy atom. The number of fused-ring (bicyclic) bond motifs is 1. The van der Waals surface area contributed by atoms with Crippen LogP contribution >= 0.6 is 0 Å². The summed E-state index contributed by atoms with van der Waals surface area (Å²) in [5.41, 5.74) is 1.97. The minimum Gasteiger partial charge on any atom is -0.482 e. The van der Waals surface area contributed by atoms with Crippen LogP contribution in [0, 0.1) is 5.92 Å². The fraction of sp³-hybridized carbons (Fsp3) is 0.588. The summed E-state index contributed by atoms with van der Waals surface area (Å²) in [6.45, 7) is 3.24. The number of hydrogen-bond acceptors (Lipinski definition) is 3. The van der Waals surface area contributed by atoms with Gasteiger partial charge in [0, 0.05) is 12.6 Å². The van der Waals surface area contributed by atoms with Crippen molar-refractivity contribution in [2.45, 2.75) is 51.6 Å². The fourth-order valence-electron chi connectivity index (χ4n) is 3.32. The molecule has 1 aliphatic carbocycles. The molecule has 0 aromatic heterocycles. The highest BCUT2D eigenvalue weighted by Crippen LogP contribution is 2.29. The van der Waals surface area contributed by atoms with Gasteiger partial charge < -0.3 is 15.4 Å². The molecule has 2 aliphatic rings. The topological polar surface area (TPSA) is 50.4 Å². The molecule has 0 unspecified atom stereocenters. The third-order valence-electron chi connectivity index (χ3n) is 4.66. The van der Waals surface area contributed by atoms with Gasteiger partial charge in [-0.15, -0.1) is 0 Å². The SMILES string of the molecule is C[C@@H](NCc1ccc2c(c1)NC(=O)CO2)C1CCCCC1. The Hall–Kier alpha value is -1.55. The van der Waals surface area contributed by atoms with E-state index in [4.69, 9.17) is 4.74 Å². The minimum absolute atomic E-state index is 0.0804. The second-order valence-electron chi connectivity index (χ2n) is 6.24. The van der Waals surface area contributed by atoms with Crippen LogP contribution in [0.5, 0.6) is 5.75 Å². The molecule has 1 amide bonds. The van der Waals surface area contributed by atoms with Gasteiger partial charge in [-0.1, -0.05) is 25.3 Å². The molecule has 3 rings (SSSR count). The first-order valence-corrected chi connectivity index (χ1v) is 8.01. The second kappa shape index (κ2) is 6.48. The van der Waals surface area contributed by atoms with Crippen molar-refractivity contribution in [1.82, 2.24) is 5.32 Å². The second-order valence-corrected chi connectivity index (χ2v) is 6.24. The van der Waals surface area contributed by atoms with Crippen molar-refractivity contribution in [2.75, 3.05) is 11.9 Å². The van der Waals surface area contributed by atoms with Crippen molar-refractivity contribution in [2.24, 2.45) is 5.92 Å². The highest BCUT2D eigenvalue weighted by Gasteiger charge is 2.20. The lowest BCUT2D eigenvalue weighted by Gasteiger charge is -2.28. The van der Waals surface area contributed by atoms with Crippen LogP contribution in [0.2, 0.25) is 0 Å². The van der Waals surface area contributed by atoms with Crippen molar-refractivity contribution in [3.63, 3.8) is 0 Å². The number of benzene rings is 1. The molecule has 0 bridgehead atoms. The van der Waals surface area contributed by atoms with E-state index in [0.717, 1.165) is 23.9 Å². The molecule has 1 saturated carbocycles. The normalized spacial score (nSPS) is 20.3. The molecular formula is C17H24N2O2. The van der Waals surface area contributed by atoms with Gasteiger partial charge in [0.1, 0.15) is 5.75 Å². The van der Waals surface area contributed by atoms with Crippen molar-refractivity contribution >= 4 is 11.6 Å². The maximum Gasteiger partial charge on any atom is 0.262 e. The molecular weight excluding hydrogens is 264 g/mol. The standard InChI is InChI=1S/C17H24N2O2/c1-12(14-5-3-2-4-6-14)18-10-13-7-8-16-15(9-13)19-17(20)11-21-16/h7-9,12,14,18H,2-6,10-11H2,1H3,(H,19,20)/t12-/m1/s1. The molecule has 0 saturated heterocycles. The predicted molar refractivity (Wildman–Crippen MR) is 83.4 cm³/mol. The number of hydrogen-bond donors (Lipinski definition) is 2. The summed E-state index contributed by atoms with van der Waals surface area (Å²) in [6.07, 6.45) is 6.84. The zero-order chi connectivity index (χ0) is 14.7. The van der Waals surface area contributed by atoms with Gasteiger partial charge in [0.2, 0.25) is 0 Å². The van der Waals surface area contributed by atoms with Gasteiger partial charge in [0.25, 0.3) is 5.91 Å². The van der Waals surface area contributed by atoms with E-state index >= 15 is 0 Å². The third-order valence-corrected chi connectivity index (χ3v) is 4.66. The average molecular weight is 288 g/mol. The van der Waals surface area contributed by atoms with E-state index in [1.807, 2.05) is 12.1 Å². The predicted octanol–water partition coefficient (Wildman–Crippen LogP) is 3.08. The largest absolute Gasteiger partial charge is 0.482 e. The van der Waals surface area contributed by atoms with Gasteiger partial charge in [0.05, 0.1) is 5.69 Å². The monoisotopic (exact) mass is 288 g/mol. The summed E-state index contributed by atoms with van der Waals surface area (Å²) >= 11 is 0. The number of anilines is 1. The van der Waals surface area contributed by atoms with Crippen LogP contribution in [0.3, 0.4) is 0 Å². The lowest BCUT2D eigenvalue weighted by Crippen LogP contribution is -2.34. The van der Waals surface area contributed by atoms with Gasteiger partial charge >= 0.3 is 0 Å². The van der Waals surface area contributed by atoms with Crippen molar-refractivity contribution in [3.8, 4) is 5.75 Å². The Kier molecular flexibility index (Phi) is 4.44. The molecule has 114 valence electrons. The summed E-state index contributed by atoms with van der Waals surface area (Å²) in [7, 11) is 0. The summed E-state index contributed by atoms with van der Waals surface area (Å²) in [6, 6.07) is 6.56. The van der Waals surface area contributed by atoms with Crippen LogP contribution < -0.4 is 15.4 Å². The molecule has 4 heteroatoms. The van der Waals surface area contributed by atoms with Crippen molar-refractivity contribution in [1.29, 1.82) is 0 Å². The van der Waals surface area contributed by atoms with Gasteiger partial charge in [0.15, 0.2) is 6.61 Å². The lowest BCUT2D eigenvalue weighted by atomic mass is 9.84.